The molecular weight excluding hydrogens is 236 g/mol. The van der Waals surface area contributed by atoms with Crippen LogP contribution < -0.4 is 5.32 Å². The first-order chi connectivity index (χ1) is 9.24. The summed E-state index contributed by atoms with van der Waals surface area (Å²) in [5.74, 6) is 0. The molecule has 0 unspecified atom stereocenters. The minimum Gasteiger partial charge on any atom is -0.308 e. The van der Waals surface area contributed by atoms with Crippen LogP contribution in [0.2, 0.25) is 0 Å². The van der Waals surface area contributed by atoms with Crippen LogP contribution in [0.5, 0.6) is 0 Å². The lowest BCUT2D eigenvalue weighted by Crippen LogP contribution is -2.14. The molecule has 1 heterocycles. The van der Waals surface area contributed by atoms with Crippen LogP contribution in [0.1, 0.15) is 29.3 Å². The Morgan fingerprint density at radius 2 is 2.00 bits per heavy atom. The Hall–Kier alpha value is -2.12. The summed E-state index contributed by atoms with van der Waals surface area (Å²) in [5, 5.41) is 16.8. The number of nitriles is 1. The number of nitrogens with zero attached hydrogens (tertiary/aromatic N) is 3. The molecule has 0 aliphatic carbocycles. The Morgan fingerprint density at radius 3 is 2.74 bits per heavy atom. The number of aryl methyl sites for hydroxylation is 2. The number of nitrogens with one attached hydrogen (secondary N) is 1. The molecule has 0 radical (unpaired) electrons. The Kier molecular flexibility index (Phi) is 4.32. The minimum atomic E-state index is 0.696. The third kappa shape index (κ3) is 3.21. The quantitative estimate of drug-likeness (QED) is 0.889. The molecule has 0 bridgehead atoms. The van der Waals surface area contributed by atoms with Gasteiger partial charge in [0, 0.05) is 31.9 Å². The van der Waals surface area contributed by atoms with E-state index in [9.17, 15) is 0 Å². The third-order valence-electron chi connectivity index (χ3n) is 3.10. The van der Waals surface area contributed by atoms with Gasteiger partial charge in [0.1, 0.15) is 0 Å². The van der Waals surface area contributed by atoms with E-state index in [1.165, 1.54) is 5.56 Å². The molecule has 1 N–H and O–H groups in total. The first kappa shape index (κ1) is 13.3. The van der Waals surface area contributed by atoms with Gasteiger partial charge in [0.05, 0.1) is 17.3 Å². The largest absolute Gasteiger partial charge is 0.308 e. The summed E-state index contributed by atoms with van der Waals surface area (Å²) < 4.78 is 1.85. The van der Waals surface area contributed by atoms with Crippen LogP contribution in [0.4, 0.5) is 0 Å². The molecule has 0 saturated heterocycles. The van der Waals surface area contributed by atoms with Crippen molar-refractivity contribution in [1.82, 2.24) is 15.1 Å². The number of benzene rings is 1. The average Bonchev–Trinajstić information content (AvgIpc) is 2.79. The van der Waals surface area contributed by atoms with E-state index in [0.717, 1.165) is 29.8 Å². The molecule has 1 aromatic heterocycles. The first-order valence-corrected chi connectivity index (χ1v) is 6.44. The maximum Gasteiger partial charge on any atom is 0.0995 e. The predicted molar refractivity (Wildman–Crippen MR) is 74.3 cm³/mol. The lowest BCUT2D eigenvalue weighted by atomic mass is 10.1. The molecule has 0 aliphatic heterocycles. The lowest BCUT2D eigenvalue weighted by Gasteiger charge is -2.06. The van der Waals surface area contributed by atoms with Gasteiger partial charge in [-0.1, -0.05) is 25.1 Å². The standard InChI is InChI=1S/C15H18N4/c1-3-15-14(11-19(2)18-15)10-17-9-13-7-5-4-6-12(13)8-16/h4-7,11,17H,3,9-10H2,1-2H3. The zero-order chi connectivity index (χ0) is 13.7. The van der Waals surface area contributed by atoms with Crippen molar-refractivity contribution in [2.45, 2.75) is 26.4 Å². The SMILES string of the molecule is CCc1nn(C)cc1CNCc1ccccc1C#N. The van der Waals surface area contributed by atoms with Crippen LogP contribution >= 0.6 is 0 Å². The van der Waals surface area contributed by atoms with Crippen LogP contribution in [-0.4, -0.2) is 9.78 Å². The summed E-state index contributed by atoms with van der Waals surface area (Å²) in [6.07, 6.45) is 2.98. The van der Waals surface area contributed by atoms with Gasteiger partial charge in [-0.25, -0.2) is 0 Å². The minimum absolute atomic E-state index is 0.696. The van der Waals surface area contributed by atoms with Crippen molar-refractivity contribution < 1.29 is 0 Å². The Labute approximate surface area is 113 Å². The molecule has 1 aromatic carbocycles. The summed E-state index contributed by atoms with van der Waals surface area (Å²) in [6.45, 7) is 3.58. The maximum absolute atomic E-state index is 9.03. The van der Waals surface area contributed by atoms with Gasteiger partial charge >= 0.3 is 0 Å². The summed E-state index contributed by atoms with van der Waals surface area (Å²) >= 11 is 0. The van der Waals surface area contributed by atoms with Crippen molar-refractivity contribution in [2.24, 2.45) is 7.05 Å². The number of hydrogen-bond acceptors (Lipinski definition) is 3. The maximum atomic E-state index is 9.03. The molecule has 0 amide bonds. The average molecular weight is 254 g/mol. The van der Waals surface area contributed by atoms with E-state index in [4.69, 9.17) is 5.26 Å². The zero-order valence-corrected chi connectivity index (χ0v) is 11.3. The highest BCUT2D eigenvalue weighted by atomic mass is 15.3. The van der Waals surface area contributed by atoms with E-state index in [0.29, 0.717) is 6.54 Å². The van der Waals surface area contributed by atoms with Crippen LogP contribution in [0.25, 0.3) is 0 Å². The molecule has 4 nitrogen and oxygen atoms in total. The van der Waals surface area contributed by atoms with E-state index in [1.54, 1.807) is 0 Å². The fourth-order valence-corrected chi connectivity index (χ4v) is 2.14. The van der Waals surface area contributed by atoms with Crippen molar-refractivity contribution in [1.29, 1.82) is 5.26 Å². The fourth-order valence-electron chi connectivity index (χ4n) is 2.14. The van der Waals surface area contributed by atoms with Gasteiger partial charge in [-0.05, 0) is 18.1 Å². The summed E-state index contributed by atoms with van der Waals surface area (Å²) in [4.78, 5) is 0. The third-order valence-corrected chi connectivity index (χ3v) is 3.10. The van der Waals surface area contributed by atoms with Gasteiger partial charge in [-0.3, -0.25) is 4.68 Å². The van der Waals surface area contributed by atoms with Crippen molar-refractivity contribution in [2.75, 3.05) is 0 Å². The van der Waals surface area contributed by atoms with Gasteiger partial charge in [0.25, 0.3) is 0 Å². The first-order valence-electron chi connectivity index (χ1n) is 6.44. The Balaban J connectivity index is 1.98. The molecule has 0 saturated carbocycles. The van der Waals surface area contributed by atoms with E-state index < -0.39 is 0 Å². The van der Waals surface area contributed by atoms with E-state index in [1.807, 2.05) is 42.2 Å². The van der Waals surface area contributed by atoms with Gasteiger partial charge in [-0.15, -0.1) is 0 Å². The second-order valence-electron chi connectivity index (χ2n) is 4.50. The lowest BCUT2D eigenvalue weighted by molar-refractivity contribution is 0.687. The molecule has 4 heteroatoms. The summed E-state index contributed by atoms with van der Waals surface area (Å²) in [5.41, 5.74) is 4.12. The molecular formula is C15H18N4. The van der Waals surface area contributed by atoms with Crippen molar-refractivity contribution in [3.8, 4) is 6.07 Å². The van der Waals surface area contributed by atoms with E-state index in [-0.39, 0.29) is 0 Å². The number of aromatic nitrogens is 2. The highest BCUT2D eigenvalue weighted by molar-refractivity contribution is 5.37. The van der Waals surface area contributed by atoms with E-state index in [2.05, 4.69) is 23.4 Å². The normalized spacial score (nSPS) is 10.4. The Morgan fingerprint density at radius 1 is 1.26 bits per heavy atom. The topological polar surface area (TPSA) is 53.6 Å². The van der Waals surface area contributed by atoms with Crippen molar-refractivity contribution in [3.63, 3.8) is 0 Å². The number of hydrogen-bond donors (Lipinski definition) is 1. The van der Waals surface area contributed by atoms with Crippen LogP contribution in [0.3, 0.4) is 0 Å². The molecule has 0 spiro atoms. The fraction of sp³-hybridized carbons (Fsp3) is 0.333. The summed E-state index contributed by atoms with van der Waals surface area (Å²) in [6, 6.07) is 9.89. The molecule has 2 rings (SSSR count). The van der Waals surface area contributed by atoms with Crippen LogP contribution in [0, 0.1) is 11.3 Å². The smallest absolute Gasteiger partial charge is 0.0995 e. The van der Waals surface area contributed by atoms with Gasteiger partial charge in [0.2, 0.25) is 0 Å². The second kappa shape index (κ2) is 6.17. The molecule has 2 aromatic rings. The van der Waals surface area contributed by atoms with E-state index >= 15 is 0 Å². The summed E-state index contributed by atoms with van der Waals surface area (Å²) in [7, 11) is 1.94. The van der Waals surface area contributed by atoms with Gasteiger partial charge in [0.15, 0.2) is 0 Å². The van der Waals surface area contributed by atoms with Crippen LogP contribution in [-0.2, 0) is 26.6 Å². The number of rotatable bonds is 5. The van der Waals surface area contributed by atoms with Gasteiger partial charge in [-0.2, -0.15) is 10.4 Å². The molecule has 0 fully saturated rings. The van der Waals surface area contributed by atoms with Gasteiger partial charge < -0.3 is 5.32 Å². The molecule has 0 atom stereocenters. The highest BCUT2D eigenvalue weighted by Crippen LogP contribution is 2.09. The Bertz CT molecular complexity index is 592. The molecule has 19 heavy (non-hydrogen) atoms. The monoisotopic (exact) mass is 254 g/mol. The van der Waals surface area contributed by atoms with Crippen molar-refractivity contribution in [3.05, 3.63) is 52.8 Å². The second-order valence-corrected chi connectivity index (χ2v) is 4.50. The molecule has 98 valence electrons. The zero-order valence-electron chi connectivity index (χ0n) is 11.3. The highest BCUT2D eigenvalue weighted by Gasteiger charge is 2.06. The van der Waals surface area contributed by atoms with Crippen LogP contribution in [0.15, 0.2) is 30.5 Å². The molecule has 0 aliphatic rings. The van der Waals surface area contributed by atoms with Crippen molar-refractivity contribution >= 4 is 0 Å². The predicted octanol–water partition coefficient (Wildman–Crippen LogP) is 2.14.